The number of ether oxygens (including phenoxy) is 1. The zero-order valence-electron chi connectivity index (χ0n) is 21.7. The Kier molecular flexibility index (Phi) is 6.74. The molecule has 0 N–H and O–H groups in total. The summed E-state index contributed by atoms with van der Waals surface area (Å²) in [5.74, 6) is 4.39. The van der Waals surface area contributed by atoms with E-state index in [1.165, 1.54) is 56.9 Å². The molecule has 180 valence electrons. The molecule has 4 rings (SSSR count). The van der Waals surface area contributed by atoms with Crippen molar-refractivity contribution < 1.29 is 9.53 Å². The molecule has 0 aromatic heterocycles. The zero-order chi connectivity index (χ0) is 23.3. The number of carbonyl (C=O) groups excluding carboxylic acids is 1. The van der Waals surface area contributed by atoms with Crippen molar-refractivity contribution in [1.82, 2.24) is 0 Å². The summed E-state index contributed by atoms with van der Waals surface area (Å²) in [6, 6.07) is 0. The Morgan fingerprint density at radius 1 is 1.09 bits per heavy atom. The van der Waals surface area contributed by atoms with E-state index in [1.54, 1.807) is 6.92 Å². The van der Waals surface area contributed by atoms with Crippen molar-refractivity contribution in [3.05, 3.63) is 23.8 Å². The van der Waals surface area contributed by atoms with Crippen LogP contribution in [0.4, 0.5) is 0 Å². The standard InChI is InChI=1S/C30H48O2/c1-19(2)20(3)8-9-21(4)26-12-13-27-25-11-10-23-18-24(32-22(5)31)14-16-29(23,6)28(25)15-17-30(26,27)7/h11,19,21,23-24,26-28H,3,8-10,12-18H2,1-2,4-7H3/t21-,23-,24+,26-,27+,28+,29+,30-/m1/s1. The van der Waals surface area contributed by atoms with Gasteiger partial charge in [-0.3, -0.25) is 4.79 Å². The fourth-order valence-corrected chi connectivity index (χ4v) is 8.69. The Morgan fingerprint density at radius 2 is 1.78 bits per heavy atom. The van der Waals surface area contributed by atoms with Crippen molar-refractivity contribution in [1.29, 1.82) is 0 Å². The van der Waals surface area contributed by atoms with Crippen LogP contribution in [0.5, 0.6) is 0 Å². The number of hydrogen-bond donors (Lipinski definition) is 0. The molecule has 3 saturated carbocycles. The smallest absolute Gasteiger partial charge is 0.302 e. The molecule has 4 aliphatic carbocycles. The summed E-state index contributed by atoms with van der Waals surface area (Å²) < 4.78 is 5.64. The number of hydrogen-bond acceptors (Lipinski definition) is 2. The van der Waals surface area contributed by atoms with E-state index in [0.717, 1.165) is 36.5 Å². The third-order valence-corrected chi connectivity index (χ3v) is 10.9. The van der Waals surface area contributed by atoms with Gasteiger partial charge in [-0.05, 0) is 111 Å². The minimum absolute atomic E-state index is 0.109. The molecule has 0 bridgehead atoms. The molecular weight excluding hydrogens is 392 g/mol. The molecule has 0 aromatic rings. The van der Waals surface area contributed by atoms with Gasteiger partial charge in [-0.1, -0.05) is 58.4 Å². The molecule has 0 amide bonds. The van der Waals surface area contributed by atoms with Gasteiger partial charge >= 0.3 is 5.97 Å². The Hall–Kier alpha value is -1.05. The minimum atomic E-state index is -0.109. The average molecular weight is 441 g/mol. The maximum Gasteiger partial charge on any atom is 0.302 e. The lowest BCUT2D eigenvalue weighted by atomic mass is 9.47. The van der Waals surface area contributed by atoms with Crippen molar-refractivity contribution in [2.24, 2.45) is 46.3 Å². The number of rotatable bonds is 6. The maximum atomic E-state index is 11.5. The summed E-state index contributed by atoms with van der Waals surface area (Å²) in [5.41, 5.74) is 4.16. The quantitative estimate of drug-likeness (QED) is 0.308. The molecule has 2 nitrogen and oxygen atoms in total. The third-order valence-electron chi connectivity index (χ3n) is 10.9. The lowest BCUT2D eigenvalue weighted by Gasteiger charge is -2.58. The molecule has 0 aromatic carbocycles. The first-order valence-corrected chi connectivity index (χ1v) is 13.6. The topological polar surface area (TPSA) is 26.3 Å². The summed E-state index contributed by atoms with van der Waals surface area (Å²) in [6.45, 7) is 18.2. The van der Waals surface area contributed by atoms with Crippen molar-refractivity contribution in [3.8, 4) is 0 Å². The van der Waals surface area contributed by atoms with E-state index in [0.29, 0.717) is 22.7 Å². The van der Waals surface area contributed by atoms with Gasteiger partial charge in [0.1, 0.15) is 6.10 Å². The molecule has 8 atom stereocenters. The summed E-state index contributed by atoms with van der Waals surface area (Å²) in [5, 5.41) is 0. The van der Waals surface area contributed by atoms with Gasteiger partial charge in [-0.15, -0.1) is 0 Å². The van der Waals surface area contributed by atoms with Gasteiger partial charge in [0.15, 0.2) is 0 Å². The lowest BCUT2D eigenvalue weighted by Crippen LogP contribution is -2.50. The molecular formula is C30H48O2. The van der Waals surface area contributed by atoms with E-state index in [2.05, 4.69) is 47.3 Å². The minimum Gasteiger partial charge on any atom is -0.463 e. The van der Waals surface area contributed by atoms with Crippen LogP contribution >= 0.6 is 0 Å². The Balaban J connectivity index is 1.48. The van der Waals surface area contributed by atoms with Crippen molar-refractivity contribution in [3.63, 3.8) is 0 Å². The molecule has 2 heteroatoms. The highest BCUT2D eigenvalue weighted by atomic mass is 16.5. The van der Waals surface area contributed by atoms with E-state index in [9.17, 15) is 4.79 Å². The van der Waals surface area contributed by atoms with E-state index in [-0.39, 0.29) is 12.1 Å². The fraction of sp³-hybridized carbons (Fsp3) is 0.833. The molecule has 0 spiro atoms. The van der Waals surface area contributed by atoms with E-state index in [1.807, 2.05) is 5.57 Å². The molecule has 4 aliphatic rings. The SMILES string of the molecule is C=C(CC[C@@H](C)[C@H]1CC[C@H]2C3=CC[C@@H]4C[C@@H](OC(C)=O)CC[C@]4(C)[C@H]3CC[C@]12C)C(C)C. The van der Waals surface area contributed by atoms with Gasteiger partial charge in [0.2, 0.25) is 0 Å². The van der Waals surface area contributed by atoms with Gasteiger partial charge in [0.05, 0.1) is 0 Å². The number of fused-ring (bicyclic) bond motifs is 5. The third kappa shape index (κ3) is 4.14. The summed E-state index contributed by atoms with van der Waals surface area (Å²) in [6.07, 6.45) is 15.4. The van der Waals surface area contributed by atoms with Crippen molar-refractivity contribution in [2.45, 2.75) is 112 Å². The number of carbonyl (C=O) groups is 1. The van der Waals surface area contributed by atoms with Crippen LogP contribution in [0.25, 0.3) is 0 Å². The number of allylic oxidation sites excluding steroid dienone is 3. The van der Waals surface area contributed by atoms with Gasteiger partial charge < -0.3 is 4.74 Å². The van der Waals surface area contributed by atoms with Gasteiger partial charge in [-0.2, -0.15) is 0 Å². The van der Waals surface area contributed by atoms with Crippen LogP contribution in [0.15, 0.2) is 23.8 Å². The summed E-state index contributed by atoms with van der Waals surface area (Å²) >= 11 is 0. The largest absolute Gasteiger partial charge is 0.463 e. The van der Waals surface area contributed by atoms with Crippen LogP contribution in [0, 0.1) is 46.3 Å². The summed E-state index contributed by atoms with van der Waals surface area (Å²) in [4.78, 5) is 11.5. The molecule has 3 fully saturated rings. The summed E-state index contributed by atoms with van der Waals surface area (Å²) in [7, 11) is 0. The van der Waals surface area contributed by atoms with Crippen LogP contribution in [0.3, 0.4) is 0 Å². The van der Waals surface area contributed by atoms with Crippen molar-refractivity contribution in [2.75, 3.05) is 0 Å². The first-order valence-electron chi connectivity index (χ1n) is 13.6. The second-order valence-corrected chi connectivity index (χ2v) is 12.8. The predicted octanol–water partition coefficient (Wildman–Crippen LogP) is 8.13. The molecule has 0 radical (unpaired) electrons. The van der Waals surface area contributed by atoms with Crippen LogP contribution in [-0.2, 0) is 9.53 Å². The maximum absolute atomic E-state index is 11.5. The van der Waals surface area contributed by atoms with E-state index < -0.39 is 0 Å². The van der Waals surface area contributed by atoms with Crippen LogP contribution in [-0.4, -0.2) is 12.1 Å². The average Bonchev–Trinajstić information content (AvgIpc) is 3.08. The fourth-order valence-electron chi connectivity index (χ4n) is 8.69. The van der Waals surface area contributed by atoms with Gasteiger partial charge in [0.25, 0.3) is 0 Å². The molecule has 0 saturated heterocycles. The van der Waals surface area contributed by atoms with Crippen LogP contribution < -0.4 is 0 Å². The highest BCUT2D eigenvalue weighted by Crippen LogP contribution is 2.67. The Bertz CT molecular complexity index is 763. The zero-order valence-corrected chi connectivity index (χ0v) is 21.7. The van der Waals surface area contributed by atoms with E-state index >= 15 is 0 Å². The molecule has 0 heterocycles. The normalized spacial score (nSPS) is 41.8. The Labute approximate surface area is 197 Å². The first kappa shape index (κ1) is 24.1. The molecule has 0 aliphatic heterocycles. The first-order chi connectivity index (χ1) is 15.1. The van der Waals surface area contributed by atoms with Gasteiger partial charge in [-0.25, -0.2) is 0 Å². The Morgan fingerprint density at radius 3 is 2.47 bits per heavy atom. The second kappa shape index (κ2) is 8.95. The lowest BCUT2D eigenvalue weighted by molar-refractivity contribution is -0.152. The van der Waals surface area contributed by atoms with Gasteiger partial charge in [0, 0.05) is 6.92 Å². The van der Waals surface area contributed by atoms with E-state index in [4.69, 9.17) is 4.74 Å². The van der Waals surface area contributed by atoms with Crippen LogP contribution in [0.2, 0.25) is 0 Å². The second-order valence-electron chi connectivity index (χ2n) is 12.8. The molecule has 0 unspecified atom stereocenters. The monoisotopic (exact) mass is 440 g/mol. The predicted molar refractivity (Wildman–Crippen MR) is 133 cm³/mol. The highest BCUT2D eigenvalue weighted by molar-refractivity contribution is 5.66. The van der Waals surface area contributed by atoms with Crippen molar-refractivity contribution >= 4 is 5.97 Å². The van der Waals surface area contributed by atoms with Crippen LogP contribution in [0.1, 0.15) is 106 Å². The number of esters is 1. The highest BCUT2D eigenvalue weighted by Gasteiger charge is 2.58. The molecule has 32 heavy (non-hydrogen) atoms.